The molecular weight excluding hydrogens is 302 g/mol. The van der Waals surface area contributed by atoms with E-state index in [1.54, 1.807) is 36.4 Å². The highest BCUT2D eigenvalue weighted by molar-refractivity contribution is 5.96. The summed E-state index contributed by atoms with van der Waals surface area (Å²) in [5.74, 6) is -1.27. The zero-order valence-corrected chi connectivity index (χ0v) is 12.9. The van der Waals surface area contributed by atoms with Crippen molar-refractivity contribution in [2.75, 3.05) is 0 Å². The average Bonchev–Trinajstić information content (AvgIpc) is 2.63. The van der Waals surface area contributed by atoms with E-state index in [2.05, 4.69) is 0 Å². The Kier molecular flexibility index (Phi) is 5.86. The van der Waals surface area contributed by atoms with Gasteiger partial charge in [0.1, 0.15) is 0 Å². The van der Waals surface area contributed by atoms with Crippen molar-refractivity contribution in [3.8, 4) is 11.1 Å². The summed E-state index contributed by atoms with van der Waals surface area (Å²) >= 11 is 0. The Morgan fingerprint density at radius 2 is 1.21 bits per heavy atom. The van der Waals surface area contributed by atoms with Crippen molar-refractivity contribution in [2.45, 2.75) is 0 Å². The van der Waals surface area contributed by atoms with Crippen LogP contribution in [0.1, 0.15) is 20.7 Å². The van der Waals surface area contributed by atoms with Crippen molar-refractivity contribution in [3.05, 3.63) is 96.1 Å². The van der Waals surface area contributed by atoms with E-state index < -0.39 is 5.97 Å². The Morgan fingerprint density at radius 1 is 0.708 bits per heavy atom. The number of hydrogen-bond donors (Lipinski definition) is 2. The molecule has 0 heterocycles. The number of nitrogens with two attached hydrogens (primary N) is 1. The number of amides is 1. The Morgan fingerprint density at radius 3 is 1.71 bits per heavy atom. The molecule has 120 valence electrons. The fourth-order valence-electron chi connectivity index (χ4n) is 2.14. The van der Waals surface area contributed by atoms with Crippen LogP contribution in [0.25, 0.3) is 11.1 Å². The highest BCUT2D eigenvalue weighted by atomic mass is 16.4. The van der Waals surface area contributed by atoms with Gasteiger partial charge in [-0.05, 0) is 29.3 Å². The molecule has 0 aromatic heterocycles. The zero-order valence-electron chi connectivity index (χ0n) is 12.9. The lowest BCUT2D eigenvalue weighted by Crippen LogP contribution is -2.09. The molecular formula is C20H17NO3. The third-order valence-corrected chi connectivity index (χ3v) is 3.30. The third-order valence-electron chi connectivity index (χ3n) is 3.30. The van der Waals surface area contributed by atoms with Gasteiger partial charge in [0.2, 0.25) is 5.91 Å². The second-order valence-corrected chi connectivity index (χ2v) is 4.95. The van der Waals surface area contributed by atoms with Crippen molar-refractivity contribution in [3.63, 3.8) is 0 Å². The molecule has 0 saturated heterocycles. The van der Waals surface area contributed by atoms with E-state index in [1.807, 2.05) is 48.5 Å². The highest BCUT2D eigenvalue weighted by Crippen LogP contribution is 2.22. The van der Waals surface area contributed by atoms with Gasteiger partial charge in [0.05, 0.1) is 5.56 Å². The van der Waals surface area contributed by atoms with Crippen LogP contribution in [0.2, 0.25) is 0 Å². The van der Waals surface area contributed by atoms with Gasteiger partial charge in [0, 0.05) is 5.56 Å². The summed E-state index contributed by atoms with van der Waals surface area (Å²) in [6.07, 6.45) is 0. The maximum Gasteiger partial charge on any atom is 0.336 e. The molecule has 0 bridgehead atoms. The Bertz CT molecular complexity index is 815. The minimum atomic E-state index is -0.894. The van der Waals surface area contributed by atoms with E-state index in [4.69, 9.17) is 10.8 Å². The van der Waals surface area contributed by atoms with Gasteiger partial charge in [-0.1, -0.05) is 66.7 Å². The smallest absolute Gasteiger partial charge is 0.336 e. The minimum absolute atomic E-state index is 0.337. The third kappa shape index (κ3) is 4.55. The summed E-state index contributed by atoms with van der Waals surface area (Å²) in [5.41, 5.74) is 7.55. The maximum absolute atomic E-state index is 11.0. The summed E-state index contributed by atoms with van der Waals surface area (Å²) in [5, 5.41) is 9.03. The van der Waals surface area contributed by atoms with E-state index >= 15 is 0 Å². The van der Waals surface area contributed by atoms with Crippen LogP contribution in [0, 0.1) is 0 Å². The molecule has 4 heteroatoms. The molecule has 0 aliphatic carbocycles. The Balaban J connectivity index is 0.000000198. The summed E-state index contributed by atoms with van der Waals surface area (Å²) < 4.78 is 0. The van der Waals surface area contributed by atoms with E-state index in [9.17, 15) is 9.59 Å². The number of carbonyl (C=O) groups is 2. The monoisotopic (exact) mass is 319 g/mol. The normalized spacial score (nSPS) is 9.50. The number of hydrogen-bond acceptors (Lipinski definition) is 2. The lowest BCUT2D eigenvalue weighted by Gasteiger charge is -2.05. The van der Waals surface area contributed by atoms with Gasteiger partial charge >= 0.3 is 5.97 Å². The Hall–Kier alpha value is -3.40. The molecule has 3 rings (SSSR count). The molecule has 4 nitrogen and oxygen atoms in total. The van der Waals surface area contributed by atoms with E-state index in [0.717, 1.165) is 11.1 Å². The first kappa shape index (κ1) is 17.0. The van der Waals surface area contributed by atoms with E-state index in [0.29, 0.717) is 11.1 Å². The van der Waals surface area contributed by atoms with Crippen LogP contribution in [-0.2, 0) is 0 Å². The number of benzene rings is 3. The van der Waals surface area contributed by atoms with Crippen molar-refractivity contribution >= 4 is 11.9 Å². The second-order valence-electron chi connectivity index (χ2n) is 4.95. The van der Waals surface area contributed by atoms with Crippen LogP contribution in [-0.4, -0.2) is 17.0 Å². The van der Waals surface area contributed by atoms with Crippen LogP contribution in [0.4, 0.5) is 0 Å². The van der Waals surface area contributed by atoms with Gasteiger partial charge in [-0.25, -0.2) is 4.79 Å². The zero-order chi connectivity index (χ0) is 17.4. The first-order valence-corrected chi connectivity index (χ1v) is 7.32. The van der Waals surface area contributed by atoms with Gasteiger partial charge in [0.25, 0.3) is 0 Å². The quantitative estimate of drug-likeness (QED) is 0.769. The van der Waals surface area contributed by atoms with Gasteiger partial charge in [-0.3, -0.25) is 4.79 Å². The molecule has 0 unspecified atom stereocenters. The Labute approximate surface area is 140 Å². The molecule has 0 saturated carbocycles. The number of carboxylic acids is 1. The van der Waals surface area contributed by atoms with Crippen molar-refractivity contribution in [1.29, 1.82) is 0 Å². The lowest BCUT2D eigenvalue weighted by molar-refractivity contribution is 0.0697. The van der Waals surface area contributed by atoms with Gasteiger partial charge in [0.15, 0.2) is 0 Å². The number of rotatable bonds is 3. The molecule has 0 aliphatic heterocycles. The van der Waals surface area contributed by atoms with Crippen LogP contribution >= 0.6 is 0 Å². The van der Waals surface area contributed by atoms with Crippen molar-refractivity contribution < 1.29 is 14.7 Å². The molecule has 24 heavy (non-hydrogen) atoms. The topological polar surface area (TPSA) is 80.4 Å². The molecule has 3 N–H and O–H groups in total. The van der Waals surface area contributed by atoms with Crippen molar-refractivity contribution in [2.24, 2.45) is 5.73 Å². The standard InChI is InChI=1S/C13H10O2.C7H7NO/c14-13(15)12-9-5-4-8-11(12)10-6-2-1-3-7-10;8-7(9)6-4-2-1-3-5-6/h1-9H,(H,14,15);1-5H,(H2,8,9). The molecule has 1 amide bonds. The molecule has 0 radical (unpaired) electrons. The van der Waals surface area contributed by atoms with Gasteiger partial charge in [-0.2, -0.15) is 0 Å². The summed E-state index contributed by atoms with van der Waals surface area (Å²) in [4.78, 5) is 21.4. The first-order valence-electron chi connectivity index (χ1n) is 7.32. The molecule has 0 fully saturated rings. The van der Waals surface area contributed by atoms with Crippen LogP contribution < -0.4 is 5.73 Å². The number of carbonyl (C=O) groups excluding carboxylic acids is 1. The summed E-state index contributed by atoms with van der Waals surface area (Å²) in [6, 6.07) is 25.3. The van der Waals surface area contributed by atoms with E-state index in [-0.39, 0.29) is 5.91 Å². The lowest BCUT2D eigenvalue weighted by atomic mass is 10.00. The number of aromatic carboxylic acids is 1. The number of carboxylic acid groups (broad SMARTS) is 1. The second kappa shape index (κ2) is 8.29. The van der Waals surface area contributed by atoms with E-state index in [1.165, 1.54) is 0 Å². The molecule has 3 aromatic carbocycles. The van der Waals surface area contributed by atoms with Crippen LogP contribution in [0.15, 0.2) is 84.9 Å². The molecule has 0 atom stereocenters. The SMILES string of the molecule is NC(=O)c1ccccc1.O=C(O)c1ccccc1-c1ccccc1. The average molecular weight is 319 g/mol. The van der Waals surface area contributed by atoms with Gasteiger partial charge in [-0.15, -0.1) is 0 Å². The number of primary amides is 1. The fraction of sp³-hybridized carbons (Fsp3) is 0. The molecule has 3 aromatic rings. The van der Waals surface area contributed by atoms with Crippen molar-refractivity contribution in [1.82, 2.24) is 0 Å². The molecule has 0 aliphatic rings. The highest BCUT2D eigenvalue weighted by Gasteiger charge is 2.09. The summed E-state index contributed by atoms with van der Waals surface area (Å²) in [7, 11) is 0. The summed E-state index contributed by atoms with van der Waals surface area (Å²) in [6.45, 7) is 0. The largest absolute Gasteiger partial charge is 0.478 e. The first-order chi connectivity index (χ1) is 11.6. The predicted molar refractivity (Wildman–Crippen MR) is 93.8 cm³/mol. The van der Waals surface area contributed by atoms with Crippen LogP contribution in [0.5, 0.6) is 0 Å². The van der Waals surface area contributed by atoms with Crippen LogP contribution in [0.3, 0.4) is 0 Å². The maximum atomic E-state index is 11.0. The molecule has 0 spiro atoms. The van der Waals surface area contributed by atoms with Gasteiger partial charge < -0.3 is 10.8 Å². The predicted octanol–water partition coefficient (Wildman–Crippen LogP) is 3.84. The minimum Gasteiger partial charge on any atom is -0.478 e. The fourth-order valence-corrected chi connectivity index (χ4v) is 2.14.